The molecule has 0 fully saturated rings. The Morgan fingerprint density at radius 2 is 2.11 bits per heavy atom. The Morgan fingerprint density at radius 3 is 2.58 bits per heavy atom. The van der Waals surface area contributed by atoms with Gasteiger partial charge in [0.15, 0.2) is 0 Å². The Kier molecular flexibility index (Phi) is 4.91. The smallest absolute Gasteiger partial charge is 0.317 e. The van der Waals surface area contributed by atoms with E-state index in [1.165, 1.54) is 4.90 Å². The molecule has 0 bridgehead atoms. The van der Waals surface area contributed by atoms with Crippen molar-refractivity contribution in [2.24, 2.45) is 5.92 Å². The molecule has 0 aliphatic rings. The van der Waals surface area contributed by atoms with Crippen LogP contribution in [-0.4, -0.2) is 40.6 Å². The third kappa shape index (κ3) is 4.27. The number of amides is 2. The number of urea groups is 1. The van der Waals surface area contributed by atoms with E-state index in [-0.39, 0.29) is 19.1 Å². The maximum absolute atomic E-state index is 11.7. The van der Waals surface area contributed by atoms with E-state index in [2.05, 4.69) is 10.3 Å². The maximum atomic E-state index is 11.7. The summed E-state index contributed by atoms with van der Waals surface area (Å²) >= 11 is 0. The van der Waals surface area contributed by atoms with Gasteiger partial charge < -0.3 is 19.7 Å². The average molecular weight is 269 g/mol. The number of rotatable bonds is 5. The van der Waals surface area contributed by atoms with Gasteiger partial charge >= 0.3 is 12.0 Å². The topological polar surface area (TPSA) is 95.7 Å². The lowest BCUT2D eigenvalue weighted by atomic mass is 10.2. The van der Waals surface area contributed by atoms with Gasteiger partial charge in [0.05, 0.1) is 18.2 Å². The molecule has 0 saturated heterocycles. The lowest BCUT2D eigenvalue weighted by Crippen LogP contribution is -2.40. The van der Waals surface area contributed by atoms with Crippen molar-refractivity contribution in [3.8, 4) is 0 Å². The highest BCUT2D eigenvalue weighted by atomic mass is 16.4. The second-order valence-corrected chi connectivity index (χ2v) is 4.53. The van der Waals surface area contributed by atoms with Crippen LogP contribution in [0, 0.1) is 19.8 Å². The second-order valence-electron chi connectivity index (χ2n) is 4.53. The Morgan fingerprint density at radius 1 is 1.47 bits per heavy atom. The minimum atomic E-state index is -0.932. The number of nitrogens with zero attached hydrogens (tertiary/aromatic N) is 2. The van der Waals surface area contributed by atoms with Crippen LogP contribution < -0.4 is 5.32 Å². The van der Waals surface area contributed by atoms with Gasteiger partial charge in [-0.05, 0) is 13.8 Å². The summed E-state index contributed by atoms with van der Waals surface area (Å²) in [6.07, 6.45) is 0. The number of carbonyl (C=O) groups excluding carboxylic acids is 1. The SMILES string of the molecule is Cc1nc(CNC(=O)N(C)CC(C)C(=O)O)oc1C. The van der Waals surface area contributed by atoms with Gasteiger partial charge in [-0.3, -0.25) is 4.79 Å². The van der Waals surface area contributed by atoms with Crippen molar-refractivity contribution in [2.75, 3.05) is 13.6 Å². The molecule has 0 radical (unpaired) electrons. The lowest BCUT2D eigenvalue weighted by Gasteiger charge is -2.19. The average Bonchev–Trinajstić information content (AvgIpc) is 2.65. The van der Waals surface area contributed by atoms with E-state index in [1.807, 2.05) is 6.92 Å². The van der Waals surface area contributed by atoms with Crippen molar-refractivity contribution in [1.29, 1.82) is 0 Å². The molecule has 2 N–H and O–H groups in total. The molecule has 1 aromatic rings. The summed E-state index contributed by atoms with van der Waals surface area (Å²) in [5.41, 5.74) is 0.789. The maximum Gasteiger partial charge on any atom is 0.317 e. The summed E-state index contributed by atoms with van der Waals surface area (Å²) in [5.74, 6) is -0.388. The Bertz CT molecular complexity index is 450. The van der Waals surface area contributed by atoms with E-state index in [0.29, 0.717) is 5.89 Å². The van der Waals surface area contributed by atoms with Crippen LogP contribution >= 0.6 is 0 Å². The monoisotopic (exact) mass is 269 g/mol. The van der Waals surface area contributed by atoms with Crippen LogP contribution in [0.1, 0.15) is 24.3 Å². The molecule has 0 aromatic carbocycles. The van der Waals surface area contributed by atoms with Gasteiger partial charge in [0.2, 0.25) is 5.89 Å². The number of aromatic nitrogens is 1. The van der Waals surface area contributed by atoms with Crippen molar-refractivity contribution >= 4 is 12.0 Å². The van der Waals surface area contributed by atoms with E-state index in [0.717, 1.165) is 11.5 Å². The number of carboxylic acids is 1. The summed E-state index contributed by atoms with van der Waals surface area (Å²) in [6, 6.07) is -0.360. The first kappa shape index (κ1) is 15.0. The van der Waals surface area contributed by atoms with Crippen LogP contribution in [-0.2, 0) is 11.3 Å². The van der Waals surface area contributed by atoms with Gasteiger partial charge in [-0.2, -0.15) is 0 Å². The highest BCUT2D eigenvalue weighted by Gasteiger charge is 2.17. The normalized spacial score (nSPS) is 12.0. The number of carbonyl (C=O) groups is 2. The van der Waals surface area contributed by atoms with Gasteiger partial charge in [0.1, 0.15) is 5.76 Å². The fourth-order valence-electron chi connectivity index (χ4n) is 1.47. The number of aryl methyl sites for hydroxylation is 2. The fraction of sp³-hybridized carbons (Fsp3) is 0.583. The number of oxazole rings is 1. The quantitative estimate of drug-likeness (QED) is 0.836. The van der Waals surface area contributed by atoms with Gasteiger partial charge in [-0.25, -0.2) is 9.78 Å². The second kappa shape index (κ2) is 6.21. The molecular formula is C12H19N3O4. The van der Waals surface area contributed by atoms with Crippen molar-refractivity contribution in [1.82, 2.24) is 15.2 Å². The van der Waals surface area contributed by atoms with Crippen molar-refractivity contribution < 1.29 is 19.1 Å². The molecule has 7 heteroatoms. The van der Waals surface area contributed by atoms with E-state index in [4.69, 9.17) is 9.52 Å². The molecule has 1 rings (SSSR count). The molecule has 19 heavy (non-hydrogen) atoms. The minimum absolute atomic E-state index is 0.144. The van der Waals surface area contributed by atoms with Crippen LogP contribution in [0.5, 0.6) is 0 Å². The van der Waals surface area contributed by atoms with E-state index in [9.17, 15) is 9.59 Å². The number of hydrogen-bond donors (Lipinski definition) is 2. The van der Waals surface area contributed by atoms with Gasteiger partial charge in [0.25, 0.3) is 0 Å². The summed E-state index contributed by atoms with van der Waals surface area (Å²) in [6.45, 7) is 5.50. The summed E-state index contributed by atoms with van der Waals surface area (Å²) < 4.78 is 5.33. The zero-order valence-corrected chi connectivity index (χ0v) is 11.6. The third-order valence-corrected chi connectivity index (χ3v) is 2.78. The third-order valence-electron chi connectivity index (χ3n) is 2.78. The fourth-order valence-corrected chi connectivity index (χ4v) is 1.47. The summed E-state index contributed by atoms with van der Waals surface area (Å²) in [7, 11) is 1.54. The zero-order chi connectivity index (χ0) is 14.6. The number of nitrogens with one attached hydrogen (secondary N) is 1. The standard InChI is InChI=1S/C12H19N3O4/c1-7(11(16)17)6-15(4)12(18)13-5-10-14-8(2)9(3)19-10/h7H,5-6H2,1-4H3,(H,13,18)(H,16,17). The molecule has 0 spiro atoms. The molecule has 106 valence electrons. The van der Waals surface area contributed by atoms with Crippen molar-refractivity contribution in [3.63, 3.8) is 0 Å². The first-order valence-corrected chi connectivity index (χ1v) is 5.96. The first-order valence-electron chi connectivity index (χ1n) is 5.96. The predicted molar refractivity (Wildman–Crippen MR) is 67.6 cm³/mol. The van der Waals surface area contributed by atoms with E-state index < -0.39 is 11.9 Å². The number of hydrogen-bond acceptors (Lipinski definition) is 4. The molecular weight excluding hydrogens is 250 g/mol. The van der Waals surface area contributed by atoms with Gasteiger partial charge in [-0.1, -0.05) is 6.92 Å². The molecule has 0 aliphatic heterocycles. The van der Waals surface area contributed by atoms with Crippen LogP contribution in [0.3, 0.4) is 0 Å². The molecule has 2 amide bonds. The minimum Gasteiger partial charge on any atom is -0.481 e. The molecule has 1 aromatic heterocycles. The van der Waals surface area contributed by atoms with E-state index in [1.54, 1.807) is 20.9 Å². The van der Waals surface area contributed by atoms with Gasteiger partial charge in [0, 0.05) is 13.6 Å². The van der Waals surface area contributed by atoms with Crippen molar-refractivity contribution in [2.45, 2.75) is 27.3 Å². The highest BCUT2D eigenvalue weighted by Crippen LogP contribution is 2.07. The van der Waals surface area contributed by atoms with Crippen LogP contribution in [0.4, 0.5) is 4.79 Å². The van der Waals surface area contributed by atoms with Crippen LogP contribution in [0.25, 0.3) is 0 Å². The zero-order valence-electron chi connectivity index (χ0n) is 11.6. The van der Waals surface area contributed by atoms with E-state index >= 15 is 0 Å². The molecule has 1 heterocycles. The summed E-state index contributed by atoms with van der Waals surface area (Å²) in [5, 5.41) is 11.4. The van der Waals surface area contributed by atoms with Crippen LogP contribution in [0.15, 0.2) is 4.42 Å². The lowest BCUT2D eigenvalue weighted by molar-refractivity contribution is -0.141. The largest absolute Gasteiger partial charge is 0.481 e. The molecule has 1 atom stereocenters. The predicted octanol–water partition coefficient (Wildman–Crippen LogP) is 1.15. The Balaban J connectivity index is 2.44. The van der Waals surface area contributed by atoms with Gasteiger partial charge in [-0.15, -0.1) is 0 Å². The molecule has 7 nitrogen and oxygen atoms in total. The number of carboxylic acid groups (broad SMARTS) is 1. The molecule has 0 saturated carbocycles. The Labute approximate surface area is 111 Å². The Hall–Kier alpha value is -2.05. The van der Waals surface area contributed by atoms with Crippen molar-refractivity contribution in [3.05, 3.63) is 17.3 Å². The summed E-state index contributed by atoms with van der Waals surface area (Å²) in [4.78, 5) is 27.9. The van der Waals surface area contributed by atoms with Crippen LogP contribution in [0.2, 0.25) is 0 Å². The first-order chi connectivity index (χ1) is 8.81. The molecule has 1 unspecified atom stereocenters. The number of aliphatic carboxylic acids is 1. The highest BCUT2D eigenvalue weighted by molar-refractivity contribution is 5.75. The molecule has 0 aliphatic carbocycles.